The molecule has 3 aromatic carbocycles. The molecular formula is C31H32Cl2N2O4. The Morgan fingerprint density at radius 3 is 1.85 bits per heavy atom. The summed E-state index contributed by atoms with van der Waals surface area (Å²) < 4.78 is 0. The Labute approximate surface area is 238 Å². The quantitative estimate of drug-likeness (QED) is 0.305. The van der Waals surface area contributed by atoms with Gasteiger partial charge in [-0.15, -0.1) is 0 Å². The average molecular weight is 568 g/mol. The molecule has 1 saturated carbocycles. The zero-order valence-corrected chi connectivity index (χ0v) is 24.1. The van der Waals surface area contributed by atoms with Gasteiger partial charge >= 0.3 is 0 Å². The molecule has 0 aliphatic heterocycles. The fraction of sp³-hybridized carbons (Fsp3) is 0.323. The van der Waals surface area contributed by atoms with Crippen LogP contribution in [0.25, 0.3) is 0 Å². The third-order valence-corrected chi connectivity index (χ3v) is 8.13. The van der Waals surface area contributed by atoms with Crippen LogP contribution in [-0.2, 0) is 14.4 Å². The molecule has 2 amide bonds. The second kappa shape index (κ2) is 11.1. The number of benzene rings is 3. The zero-order valence-electron chi connectivity index (χ0n) is 22.6. The molecule has 204 valence electrons. The summed E-state index contributed by atoms with van der Waals surface area (Å²) in [5.74, 6) is -5.29. The van der Waals surface area contributed by atoms with Gasteiger partial charge in [0.1, 0.15) is 11.7 Å². The van der Waals surface area contributed by atoms with Crippen molar-refractivity contribution in [2.24, 2.45) is 11.8 Å². The minimum Gasteiger partial charge on any atom is -0.389 e. The van der Waals surface area contributed by atoms with Crippen LogP contribution in [0.2, 0.25) is 10.0 Å². The van der Waals surface area contributed by atoms with Crippen molar-refractivity contribution < 1.29 is 19.5 Å². The van der Waals surface area contributed by atoms with Crippen molar-refractivity contribution in [2.75, 3.05) is 10.6 Å². The molecule has 0 saturated heterocycles. The summed E-state index contributed by atoms with van der Waals surface area (Å²) in [5.41, 5.74) is 3.17. The molecule has 4 unspecified atom stereocenters. The second-order valence-corrected chi connectivity index (χ2v) is 11.5. The second-order valence-electron chi connectivity index (χ2n) is 10.7. The fourth-order valence-electron chi connectivity index (χ4n) is 5.43. The number of aliphatic hydroxyl groups is 1. The number of Topliss-reactive ketones (excluding diaryl/α,β-unsaturated/α-hetero) is 1. The highest BCUT2D eigenvalue weighted by Gasteiger charge is 2.56. The molecule has 4 atom stereocenters. The third-order valence-electron chi connectivity index (χ3n) is 7.47. The van der Waals surface area contributed by atoms with Crippen molar-refractivity contribution in [3.63, 3.8) is 0 Å². The maximum absolute atomic E-state index is 14.0. The van der Waals surface area contributed by atoms with Crippen LogP contribution < -0.4 is 10.6 Å². The number of rotatable bonds is 5. The largest absolute Gasteiger partial charge is 0.389 e. The van der Waals surface area contributed by atoms with Gasteiger partial charge in [-0.1, -0.05) is 53.5 Å². The standard InChI is InChI=1S/C31H32Cl2N2O4/c1-16-9-11-18(3)22(13-16)34-29(37)26-24(36)15-31(5,39)28(27(26)25-20(32)7-6-8-21(25)33)30(38)35-23-14-17(2)10-12-19(23)4/h6-14,26-28,39H,15H2,1-5H3,(H,34,37)(H,35,38). The summed E-state index contributed by atoms with van der Waals surface area (Å²) in [6, 6.07) is 16.1. The lowest BCUT2D eigenvalue weighted by atomic mass is 9.61. The Morgan fingerprint density at radius 1 is 0.846 bits per heavy atom. The highest BCUT2D eigenvalue weighted by molar-refractivity contribution is 6.36. The number of hydrogen-bond acceptors (Lipinski definition) is 4. The lowest BCUT2D eigenvalue weighted by Gasteiger charge is -2.45. The van der Waals surface area contributed by atoms with E-state index in [1.54, 1.807) is 18.2 Å². The van der Waals surface area contributed by atoms with E-state index in [1.165, 1.54) is 6.92 Å². The number of anilines is 2. The van der Waals surface area contributed by atoms with Gasteiger partial charge in [0.25, 0.3) is 0 Å². The summed E-state index contributed by atoms with van der Waals surface area (Å²) in [5, 5.41) is 17.8. The lowest BCUT2D eigenvalue weighted by molar-refractivity contribution is -0.150. The molecule has 6 nitrogen and oxygen atoms in total. The normalized spacial score (nSPS) is 22.9. The van der Waals surface area contributed by atoms with Crippen LogP contribution in [0.15, 0.2) is 54.6 Å². The molecule has 3 aromatic rings. The Hall–Kier alpha value is -3.19. The summed E-state index contributed by atoms with van der Waals surface area (Å²) in [6.45, 7) is 8.96. The maximum Gasteiger partial charge on any atom is 0.235 e. The minimum atomic E-state index is -1.78. The van der Waals surface area contributed by atoms with Gasteiger partial charge in [-0.05, 0) is 86.7 Å². The van der Waals surface area contributed by atoms with E-state index < -0.39 is 41.0 Å². The van der Waals surface area contributed by atoms with Gasteiger partial charge < -0.3 is 15.7 Å². The van der Waals surface area contributed by atoms with Gasteiger partial charge in [-0.2, -0.15) is 0 Å². The summed E-state index contributed by atoms with van der Waals surface area (Å²) in [4.78, 5) is 41.4. The molecule has 0 radical (unpaired) electrons. The molecular weight excluding hydrogens is 535 g/mol. The molecule has 3 N–H and O–H groups in total. The van der Waals surface area contributed by atoms with E-state index in [1.807, 2.05) is 64.1 Å². The molecule has 1 aliphatic carbocycles. The number of nitrogens with one attached hydrogen (secondary N) is 2. The van der Waals surface area contributed by atoms with Crippen LogP contribution in [-0.4, -0.2) is 28.3 Å². The highest BCUT2D eigenvalue weighted by atomic mass is 35.5. The molecule has 0 aromatic heterocycles. The molecule has 0 heterocycles. The number of carbonyl (C=O) groups excluding carboxylic acids is 3. The van der Waals surface area contributed by atoms with Crippen LogP contribution in [0.5, 0.6) is 0 Å². The van der Waals surface area contributed by atoms with Crippen molar-refractivity contribution in [1.82, 2.24) is 0 Å². The van der Waals surface area contributed by atoms with Crippen LogP contribution in [0.3, 0.4) is 0 Å². The maximum atomic E-state index is 14.0. The molecule has 0 bridgehead atoms. The Kier molecular flexibility index (Phi) is 8.22. The van der Waals surface area contributed by atoms with Crippen LogP contribution in [0, 0.1) is 39.5 Å². The van der Waals surface area contributed by atoms with E-state index in [0.717, 1.165) is 22.3 Å². The zero-order chi connectivity index (χ0) is 28.6. The molecule has 1 fully saturated rings. The predicted molar refractivity (Wildman–Crippen MR) is 156 cm³/mol. The first-order chi connectivity index (χ1) is 18.3. The molecule has 0 spiro atoms. The first-order valence-electron chi connectivity index (χ1n) is 12.8. The van der Waals surface area contributed by atoms with E-state index in [4.69, 9.17) is 23.2 Å². The monoisotopic (exact) mass is 566 g/mol. The van der Waals surface area contributed by atoms with Gasteiger partial charge in [0.05, 0.1) is 11.5 Å². The number of carbonyl (C=O) groups is 3. The molecule has 8 heteroatoms. The Bertz CT molecular complexity index is 1450. The first kappa shape index (κ1) is 28.8. The lowest BCUT2D eigenvalue weighted by Crippen LogP contribution is -2.56. The van der Waals surface area contributed by atoms with E-state index >= 15 is 0 Å². The molecule has 1 aliphatic rings. The average Bonchev–Trinajstić information content (AvgIpc) is 2.82. The van der Waals surface area contributed by atoms with Gasteiger partial charge in [0.15, 0.2) is 0 Å². The fourth-order valence-corrected chi connectivity index (χ4v) is 6.08. The minimum absolute atomic E-state index is 0.201. The van der Waals surface area contributed by atoms with Gasteiger partial charge in [-0.25, -0.2) is 0 Å². The summed E-state index contributed by atoms with van der Waals surface area (Å²) in [7, 11) is 0. The van der Waals surface area contributed by atoms with Crippen LogP contribution in [0.4, 0.5) is 11.4 Å². The number of hydrogen-bond donors (Lipinski definition) is 3. The number of amides is 2. The van der Waals surface area contributed by atoms with E-state index in [-0.39, 0.29) is 22.0 Å². The van der Waals surface area contributed by atoms with Gasteiger partial charge in [-0.3, -0.25) is 14.4 Å². The van der Waals surface area contributed by atoms with Crippen LogP contribution >= 0.6 is 23.2 Å². The SMILES string of the molecule is Cc1ccc(C)c(NC(=O)C2C(=O)CC(C)(O)C(C(=O)Nc3cc(C)ccc3C)C2c2c(Cl)cccc2Cl)c1. The topological polar surface area (TPSA) is 95.5 Å². The van der Waals surface area contributed by atoms with Gasteiger partial charge in [0, 0.05) is 33.8 Å². The van der Waals surface area contributed by atoms with Crippen molar-refractivity contribution >= 4 is 52.2 Å². The van der Waals surface area contributed by atoms with Crippen molar-refractivity contribution in [3.05, 3.63) is 92.5 Å². The van der Waals surface area contributed by atoms with E-state index in [2.05, 4.69) is 10.6 Å². The summed E-state index contributed by atoms with van der Waals surface area (Å²) in [6.07, 6.45) is -0.388. The number of ketones is 1. The van der Waals surface area contributed by atoms with E-state index in [0.29, 0.717) is 11.4 Å². The molecule has 4 rings (SSSR count). The molecule has 39 heavy (non-hydrogen) atoms. The summed E-state index contributed by atoms with van der Waals surface area (Å²) >= 11 is 13.2. The van der Waals surface area contributed by atoms with Crippen molar-refractivity contribution in [2.45, 2.75) is 52.6 Å². The predicted octanol–water partition coefficient (Wildman–Crippen LogP) is 6.54. The Morgan fingerprint density at radius 2 is 1.33 bits per heavy atom. The van der Waals surface area contributed by atoms with E-state index in [9.17, 15) is 19.5 Å². The van der Waals surface area contributed by atoms with Crippen molar-refractivity contribution in [3.8, 4) is 0 Å². The number of halogens is 2. The van der Waals surface area contributed by atoms with Gasteiger partial charge in [0.2, 0.25) is 11.8 Å². The highest BCUT2D eigenvalue weighted by Crippen LogP contribution is 2.50. The van der Waals surface area contributed by atoms with Crippen molar-refractivity contribution in [1.29, 1.82) is 0 Å². The van der Waals surface area contributed by atoms with Crippen LogP contribution in [0.1, 0.15) is 47.1 Å². The first-order valence-corrected chi connectivity index (χ1v) is 13.5. The third kappa shape index (κ3) is 5.88. The smallest absolute Gasteiger partial charge is 0.235 e. The number of aryl methyl sites for hydroxylation is 4. The Balaban J connectivity index is 1.85.